The summed E-state index contributed by atoms with van der Waals surface area (Å²) in [6.45, 7) is 3.92. The molecule has 3 saturated heterocycles. The second-order valence-corrected chi connectivity index (χ2v) is 6.61. The average Bonchev–Trinajstić information content (AvgIpc) is 2.95. The fourth-order valence-corrected chi connectivity index (χ4v) is 3.55. The summed E-state index contributed by atoms with van der Waals surface area (Å²) in [4.78, 5) is 6.85. The van der Waals surface area contributed by atoms with Crippen molar-refractivity contribution in [2.75, 3.05) is 24.5 Å². The molecule has 4 heteroatoms. The van der Waals surface area contributed by atoms with Gasteiger partial charge in [-0.3, -0.25) is 4.98 Å². The van der Waals surface area contributed by atoms with Crippen LogP contribution in [0.1, 0.15) is 18.4 Å². The Morgan fingerprint density at radius 2 is 2.04 bits per heavy atom. The molecule has 3 fully saturated rings. The van der Waals surface area contributed by atoms with Crippen molar-refractivity contribution in [3.63, 3.8) is 0 Å². The fourth-order valence-electron chi connectivity index (χ4n) is 3.55. The molecule has 120 valence electrons. The Hall–Kier alpha value is -2.07. The minimum absolute atomic E-state index is 0.582. The van der Waals surface area contributed by atoms with Crippen molar-refractivity contribution in [3.05, 3.63) is 54.4 Å². The second-order valence-electron chi connectivity index (χ2n) is 6.61. The summed E-state index contributed by atoms with van der Waals surface area (Å²) in [6, 6.07) is 13.0. The Morgan fingerprint density at radius 3 is 2.87 bits per heavy atom. The minimum atomic E-state index is 0.582. The molecule has 0 spiro atoms. The number of benzene rings is 1. The summed E-state index contributed by atoms with van der Waals surface area (Å²) in [7, 11) is 0. The van der Waals surface area contributed by atoms with Crippen LogP contribution in [0.5, 0.6) is 5.75 Å². The average molecular weight is 309 g/mol. The molecule has 1 N–H and O–H groups in total. The van der Waals surface area contributed by atoms with Crippen LogP contribution in [0.3, 0.4) is 0 Å². The van der Waals surface area contributed by atoms with Gasteiger partial charge in [-0.15, -0.1) is 0 Å². The van der Waals surface area contributed by atoms with E-state index in [0.717, 1.165) is 31.3 Å². The van der Waals surface area contributed by atoms with Crippen molar-refractivity contribution >= 4 is 5.69 Å². The van der Waals surface area contributed by atoms with E-state index in [-0.39, 0.29) is 0 Å². The zero-order valence-electron chi connectivity index (χ0n) is 13.3. The highest BCUT2D eigenvalue weighted by Crippen LogP contribution is 2.27. The summed E-state index contributed by atoms with van der Waals surface area (Å²) >= 11 is 0. The molecule has 2 bridgehead atoms. The summed E-state index contributed by atoms with van der Waals surface area (Å²) in [5, 5.41) is 3.65. The van der Waals surface area contributed by atoms with Crippen LogP contribution < -0.4 is 15.0 Å². The molecule has 1 aromatic carbocycles. The predicted octanol–water partition coefficient (Wildman–Crippen LogP) is 2.85. The smallest absolute Gasteiger partial charge is 0.140 e. The number of nitrogens with one attached hydrogen (secondary N) is 1. The van der Waals surface area contributed by atoms with E-state index in [1.165, 1.54) is 24.1 Å². The Labute approximate surface area is 137 Å². The molecule has 0 aliphatic carbocycles. The third-order valence-electron chi connectivity index (χ3n) is 4.85. The van der Waals surface area contributed by atoms with Gasteiger partial charge in [0.1, 0.15) is 12.4 Å². The van der Waals surface area contributed by atoms with E-state index in [0.29, 0.717) is 12.6 Å². The maximum atomic E-state index is 5.92. The van der Waals surface area contributed by atoms with Gasteiger partial charge in [0, 0.05) is 25.2 Å². The molecule has 2 unspecified atom stereocenters. The van der Waals surface area contributed by atoms with Crippen molar-refractivity contribution in [2.45, 2.75) is 25.5 Å². The third kappa shape index (κ3) is 3.48. The van der Waals surface area contributed by atoms with Crippen LogP contribution in [-0.4, -0.2) is 30.7 Å². The van der Waals surface area contributed by atoms with Crippen LogP contribution in [0.4, 0.5) is 5.69 Å². The normalized spacial score (nSPS) is 23.6. The van der Waals surface area contributed by atoms with E-state index >= 15 is 0 Å². The van der Waals surface area contributed by atoms with E-state index in [2.05, 4.69) is 33.4 Å². The van der Waals surface area contributed by atoms with Crippen molar-refractivity contribution in [1.29, 1.82) is 0 Å². The number of aromatic nitrogens is 1. The van der Waals surface area contributed by atoms with Gasteiger partial charge in [-0.25, -0.2) is 0 Å². The fraction of sp³-hybridized carbons (Fsp3) is 0.421. The molecule has 2 atom stereocenters. The molecule has 2 aromatic rings. The van der Waals surface area contributed by atoms with E-state index in [1.54, 1.807) is 6.20 Å². The number of piperidine rings is 1. The van der Waals surface area contributed by atoms with Crippen LogP contribution in [0.25, 0.3) is 0 Å². The number of anilines is 1. The number of hydrogen-bond donors (Lipinski definition) is 1. The quantitative estimate of drug-likeness (QED) is 0.942. The molecule has 4 nitrogen and oxygen atoms in total. The van der Waals surface area contributed by atoms with Crippen molar-refractivity contribution < 1.29 is 4.74 Å². The maximum absolute atomic E-state index is 5.92. The van der Waals surface area contributed by atoms with E-state index in [9.17, 15) is 0 Å². The monoisotopic (exact) mass is 309 g/mol. The molecule has 0 saturated carbocycles. The summed E-state index contributed by atoms with van der Waals surface area (Å²) < 4.78 is 5.92. The lowest BCUT2D eigenvalue weighted by Gasteiger charge is -2.24. The lowest BCUT2D eigenvalue weighted by Crippen LogP contribution is -2.39. The van der Waals surface area contributed by atoms with Gasteiger partial charge in [-0.2, -0.15) is 0 Å². The number of rotatable bonds is 4. The zero-order chi connectivity index (χ0) is 15.5. The predicted molar refractivity (Wildman–Crippen MR) is 91.7 cm³/mol. The first-order chi connectivity index (χ1) is 11.4. The summed E-state index contributed by atoms with van der Waals surface area (Å²) in [6.07, 6.45) is 6.39. The molecule has 0 radical (unpaired) electrons. The van der Waals surface area contributed by atoms with Crippen molar-refractivity contribution in [1.82, 2.24) is 10.3 Å². The molecular formula is C19H23N3O. The summed E-state index contributed by atoms with van der Waals surface area (Å²) in [5.74, 6) is 1.60. The molecule has 4 heterocycles. The lowest BCUT2D eigenvalue weighted by molar-refractivity contribution is 0.305. The standard InChI is InChI=1S/C19H23N3O/c1-2-4-15(5-3-1)14-23-19-8-18(10-20-11-19)22-12-16-6-7-17(13-22)21-9-16/h1-5,8,10-11,16-17,21H,6-7,9,12-14H2. The number of ether oxygens (including phenoxy) is 1. The zero-order valence-corrected chi connectivity index (χ0v) is 13.3. The number of hydrogen-bond acceptors (Lipinski definition) is 4. The molecule has 23 heavy (non-hydrogen) atoms. The highest BCUT2D eigenvalue weighted by atomic mass is 16.5. The highest BCUT2D eigenvalue weighted by Gasteiger charge is 2.29. The molecule has 3 aliphatic rings. The van der Waals surface area contributed by atoms with Gasteiger partial charge in [0.15, 0.2) is 0 Å². The number of nitrogens with zero attached hydrogens (tertiary/aromatic N) is 2. The van der Waals surface area contributed by atoms with E-state index in [1.807, 2.05) is 24.4 Å². The molecule has 3 aliphatic heterocycles. The van der Waals surface area contributed by atoms with Gasteiger partial charge in [0.25, 0.3) is 0 Å². The Morgan fingerprint density at radius 1 is 1.13 bits per heavy atom. The first-order valence-corrected chi connectivity index (χ1v) is 8.47. The Kier molecular flexibility index (Phi) is 4.16. The van der Waals surface area contributed by atoms with Crippen LogP contribution in [0.15, 0.2) is 48.8 Å². The first-order valence-electron chi connectivity index (χ1n) is 8.47. The van der Waals surface area contributed by atoms with Crippen molar-refractivity contribution in [3.8, 4) is 5.75 Å². The number of fused-ring (bicyclic) bond motifs is 4. The Bertz CT molecular complexity index is 624. The third-order valence-corrected chi connectivity index (χ3v) is 4.85. The second kappa shape index (κ2) is 6.59. The van der Waals surface area contributed by atoms with Gasteiger partial charge in [0.05, 0.1) is 18.1 Å². The van der Waals surface area contributed by atoms with Gasteiger partial charge >= 0.3 is 0 Å². The lowest BCUT2D eigenvalue weighted by atomic mass is 9.97. The summed E-state index contributed by atoms with van der Waals surface area (Å²) in [5.41, 5.74) is 2.35. The van der Waals surface area contributed by atoms with Crippen LogP contribution >= 0.6 is 0 Å². The largest absolute Gasteiger partial charge is 0.487 e. The number of pyridine rings is 1. The van der Waals surface area contributed by atoms with Gasteiger partial charge < -0.3 is 15.0 Å². The van der Waals surface area contributed by atoms with Crippen LogP contribution in [0.2, 0.25) is 0 Å². The van der Waals surface area contributed by atoms with Crippen molar-refractivity contribution in [2.24, 2.45) is 5.92 Å². The molecule has 1 aromatic heterocycles. The van der Waals surface area contributed by atoms with Crippen LogP contribution in [-0.2, 0) is 6.61 Å². The van der Waals surface area contributed by atoms with E-state index < -0.39 is 0 Å². The first kappa shape index (κ1) is 14.5. The molecule has 0 amide bonds. The molecule has 5 rings (SSSR count). The molecular weight excluding hydrogens is 286 g/mol. The van der Waals surface area contributed by atoms with Gasteiger partial charge in [-0.1, -0.05) is 30.3 Å². The van der Waals surface area contributed by atoms with Crippen LogP contribution in [0, 0.1) is 5.92 Å². The minimum Gasteiger partial charge on any atom is -0.487 e. The topological polar surface area (TPSA) is 37.4 Å². The van der Waals surface area contributed by atoms with Gasteiger partial charge in [-0.05, 0) is 30.9 Å². The SMILES string of the molecule is c1ccc(COc2cncc(N3CC4CCC(C3)NC4)c2)cc1. The maximum Gasteiger partial charge on any atom is 0.140 e. The highest BCUT2D eigenvalue weighted by molar-refractivity contribution is 5.49. The van der Waals surface area contributed by atoms with E-state index in [4.69, 9.17) is 4.74 Å². The van der Waals surface area contributed by atoms with Gasteiger partial charge in [0.2, 0.25) is 0 Å². The Balaban J connectivity index is 1.45.